The van der Waals surface area contributed by atoms with Gasteiger partial charge in [-0.15, -0.1) is 0 Å². The summed E-state index contributed by atoms with van der Waals surface area (Å²) in [6.45, 7) is 5.24. The van der Waals surface area contributed by atoms with E-state index in [0.29, 0.717) is 0 Å². The van der Waals surface area contributed by atoms with Gasteiger partial charge in [0.15, 0.2) is 5.78 Å². The summed E-state index contributed by atoms with van der Waals surface area (Å²) in [5, 5.41) is 2.83. The van der Waals surface area contributed by atoms with Crippen molar-refractivity contribution >= 4 is 17.8 Å². The van der Waals surface area contributed by atoms with Crippen LogP contribution in [0.1, 0.15) is 26.3 Å². The van der Waals surface area contributed by atoms with Crippen LogP contribution in [0.5, 0.6) is 0 Å². The lowest BCUT2D eigenvalue weighted by atomic mass is 10.2. The predicted octanol–water partition coefficient (Wildman–Crippen LogP) is 1.08. The summed E-state index contributed by atoms with van der Waals surface area (Å²) in [5.41, 5.74) is 5.39. The van der Waals surface area contributed by atoms with E-state index in [0.717, 1.165) is 10.5 Å². The number of nitrogens with one attached hydrogen (secondary N) is 1. The van der Waals surface area contributed by atoms with Crippen LogP contribution in [0.4, 0.5) is 4.79 Å². The molecule has 0 aliphatic carbocycles. The molecular formula is C19H29N3O5. The average Bonchev–Trinajstić information content (AvgIpc) is 2.61. The standard InChI is InChI=1S/C19H29N3O5/c1-19(2,3)27-17(24)16(12-21-11-15(23)10-20)22(4)18(25)26-13-14-8-6-5-7-9-14/h5-9,16,21H,10-13,20H2,1-4H3. The molecule has 0 aliphatic heterocycles. The second-order valence-corrected chi connectivity index (χ2v) is 7.07. The number of ketones is 1. The third-order valence-electron chi connectivity index (χ3n) is 3.53. The van der Waals surface area contributed by atoms with Crippen LogP contribution in [0, 0.1) is 0 Å². The highest BCUT2D eigenvalue weighted by Gasteiger charge is 2.32. The van der Waals surface area contributed by atoms with Gasteiger partial charge in [-0.25, -0.2) is 9.59 Å². The van der Waals surface area contributed by atoms with Crippen LogP contribution in [0.3, 0.4) is 0 Å². The first-order valence-electron chi connectivity index (χ1n) is 8.73. The number of hydrogen-bond donors (Lipinski definition) is 2. The number of likely N-dealkylation sites (N-methyl/N-ethyl adjacent to an activating group) is 1. The van der Waals surface area contributed by atoms with Crippen LogP contribution in [0.15, 0.2) is 30.3 Å². The van der Waals surface area contributed by atoms with Gasteiger partial charge >= 0.3 is 12.1 Å². The van der Waals surface area contributed by atoms with E-state index < -0.39 is 23.7 Å². The molecule has 27 heavy (non-hydrogen) atoms. The molecule has 0 fully saturated rings. The van der Waals surface area contributed by atoms with Crippen LogP contribution in [0.2, 0.25) is 0 Å². The Bertz CT molecular complexity index is 628. The molecule has 1 unspecified atom stereocenters. The van der Waals surface area contributed by atoms with Crippen molar-refractivity contribution in [3.63, 3.8) is 0 Å². The molecule has 1 amide bonds. The fraction of sp³-hybridized carbons (Fsp3) is 0.526. The predicted molar refractivity (Wildman–Crippen MR) is 101 cm³/mol. The largest absolute Gasteiger partial charge is 0.458 e. The van der Waals surface area contributed by atoms with Gasteiger partial charge in [0.1, 0.15) is 18.2 Å². The Morgan fingerprint density at radius 1 is 1.19 bits per heavy atom. The summed E-state index contributed by atoms with van der Waals surface area (Å²) in [6.07, 6.45) is -0.665. The summed E-state index contributed by atoms with van der Waals surface area (Å²) in [6, 6.07) is 8.27. The highest BCUT2D eigenvalue weighted by atomic mass is 16.6. The van der Waals surface area contributed by atoms with E-state index in [4.69, 9.17) is 15.2 Å². The number of esters is 1. The van der Waals surface area contributed by atoms with Gasteiger partial charge in [0.05, 0.1) is 13.1 Å². The van der Waals surface area contributed by atoms with Crippen molar-refractivity contribution in [3.05, 3.63) is 35.9 Å². The monoisotopic (exact) mass is 379 g/mol. The maximum Gasteiger partial charge on any atom is 0.410 e. The number of carbonyl (C=O) groups excluding carboxylic acids is 3. The maximum atomic E-state index is 12.5. The van der Waals surface area contributed by atoms with Crippen molar-refractivity contribution in [1.82, 2.24) is 10.2 Å². The lowest BCUT2D eigenvalue weighted by Gasteiger charge is -2.29. The molecule has 0 heterocycles. The van der Waals surface area contributed by atoms with E-state index in [1.165, 1.54) is 7.05 Å². The van der Waals surface area contributed by atoms with Crippen LogP contribution >= 0.6 is 0 Å². The SMILES string of the molecule is CN(C(=O)OCc1ccccc1)C(CNCC(=O)CN)C(=O)OC(C)(C)C. The van der Waals surface area contributed by atoms with Crippen molar-refractivity contribution in [2.24, 2.45) is 5.73 Å². The highest BCUT2D eigenvalue weighted by molar-refractivity contribution is 5.83. The van der Waals surface area contributed by atoms with Gasteiger partial charge in [-0.05, 0) is 26.3 Å². The Labute approximate surface area is 160 Å². The van der Waals surface area contributed by atoms with Gasteiger partial charge in [0, 0.05) is 13.6 Å². The van der Waals surface area contributed by atoms with Crippen LogP contribution in [-0.4, -0.2) is 61.1 Å². The molecule has 0 aliphatic rings. The highest BCUT2D eigenvalue weighted by Crippen LogP contribution is 2.12. The number of nitrogens with two attached hydrogens (primary N) is 1. The number of amides is 1. The minimum atomic E-state index is -0.946. The summed E-state index contributed by atoms with van der Waals surface area (Å²) < 4.78 is 10.6. The topological polar surface area (TPSA) is 111 Å². The fourth-order valence-electron chi connectivity index (χ4n) is 2.12. The Balaban J connectivity index is 2.73. The van der Waals surface area contributed by atoms with Crippen molar-refractivity contribution in [3.8, 4) is 0 Å². The van der Waals surface area contributed by atoms with Crippen molar-refractivity contribution in [1.29, 1.82) is 0 Å². The fourth-order valence-corrected chi connectivity index (χ4v) is 2.12. The van der Waals surface area contributed by atoms with Gasteiger partial charge in [-0.2, -0.15) is 0 Å². The van der Waals surface area contributed by atoms with Crippen molar-refractivity contribution < 1.29 is 23.9 Å². The lowest BCUT2D eigenvalue weighted by Crippen LogP contribution is -2.51. The Morgan fingerprint density at radius 3 is 2.37 bits per heavy atom. The van der Waals surface area contributed by atoms with Crippen molar-refractivity contribution in [2.45, 2.75) is 39.0 Å². The first-order valence-corrected chi connectivity index (χ1v) is 8.73. The molecule has 1 aromatic carbocycles. The molecule has 8 heteroatoms. The molecular weight excluding hydrogens is 350 g/mol. The van der Waals surface area contributed by atoms with Gasteiger partial charge in [-0.1, -0.05) is 30.3 Å². The smallest absolute Gasteiger partial charge is 0.410 e. The van der Waals surface area contributed by atoms with Crippen LogP contribution in [-0.2, 0) is 25.7 Å². The van der Waals surface area contributed by atoms with Crippen LogP contribution in [0.25, 0.3) is 0 Å². The molecule has 8 nitrogen and oxygen atoms in total. The quantitative estimate of drug-likeness (QED) is 0.618. The van der Waals surface area contributed by atoms with Crippen molar-refractivity contribution in [2.75, 3.05) is 26.7 Å². The Morgan fingerprint density at radius 2 is 1.81 bits per heavy atom. The molecule has 150 valence electrons. The van der Waals surface area contributed by atoms with Gasteiger partial charge in [0.2, 0.25) is 0 Å². The lowest BCUT2D eigenvalue weighted by molar-refractivity contribution is -0.160. The minimum absolute atomic E-state index is 0.00268. The molecule has 0 saturated heterocycles. The number of hydrogen-bond acceptors (Lipinski definition) is 7. The third-order valence-corrected chi connectivity index (χ3v) is 3.53. The zero-order valence-electron chi connectivity index (χ0n) is 16.4. The third kappa shape index (κ3) is 8.65. The summed E-state index contributed by atoms with van der Waals surface area (Å²) in [5.74, 6) is -0.790. The first-order chi connectivity index (χ1) is 12.6. The molecule has 0 spiro atoms. The van der Waals surface area contributed by atoms with E-state index >= 15 is 0 Å². The number of rotatable bonds is 9. The van der Waals surface area contributed by atoms with Gasteiger partial charge < -0.3 is 20.5 Å². The summed E-state index contributed by atoms with van der Waals surface area (Å²) in [7, 11) is 1.45. The molecule has 1 aromatic rings. The number of carbonyl (C=O) groups is 3. The van der Waals surface area contributed by atoms with E-state index in [-0.39, 0.29) is 32.0 Å². The molecule has 0 bridgehead atoms. The Hall–Kier alpha value is -2.45. The van der Waals surface area contributed by atoms with Crippen LogP contribution < -0.4 is 11.1 Å². The summed E-state index contributed by atoms with van der Waals surface area (Å²) >= 11 is 0. The Kier molecular flexibility index (Phi) is 8.90. The normalized spacial score (nSPS) is 12.2. The average molecular weight is 379 g/mol. The van der Waals surface area contributed by atoms with E-state index in [2.05, 4.69) is 5.32 Å². The van der Waals surface area contributed by atoms with E-state index in [1.54, 1.807) is 20.8 Å². The summed E-state index contributed by atoms with van der Waals surface area (Å²) in [4.78, 5) is 37.4. The zero-order chi connectivity index (χ0) is 20.4. The second kappa shape index (κ2) is 10.6. The van der Waals surface area contributed by atoms with E-state index in [1.807, 2.05) is 30.3 Å². The first kappa shape index (κ1) is 22.6. The minimum Gasteiger partial charge on any atom is -0.458 e. The zero-order valence-corrected chi connectivity index (χ0v) is 16.4. The van der Waals surface area contributed by atoms with Gasteiger partial charge in [-0.3, -0.25) is 9.69 Å². The number of Topliss-reactive ketones (excluding diaryl/α,β-unsaturated/α-hetero) is 1. The molecule has 0 saturated carbocycles. The molecule has 1 atom stereocenters. The van der Waals surface area contributed by atoms with E-state index in [9.17, 15) is 14.4 Å². The number of benzene rings is 1. The number of nitrogens with zero attached hydrogens (tertiary/aromatic N) is 1. The second-order valence-electron chi connectivity index (χ2n) is 7.07. The molecule has 1 rings (SSSR count). The van der Waals surface area contributed by atoms with Gasteiger partial charge in [0.25, 0.3) is 0 Å². The maximum absolute atomic E-state index is 12.5. The molecule has 3 N–H and O–H groups in total. The number of ether oxygens (including phenoxy) is 2. The molecule has 0 radical (unpaired) electrons. The molecule has 0 aromatic heterocycles.